The highest BCUT2D eigenvalue weighted by Gasteiger charge is 2.02. The first-order valence-corrected chi connectivity index (χ1v) is 3.48. The molecule has 0 aromatic heterocycles. The van der Waals surface area contributed by atoms with Crippen molar-refractivity contribution in [1.29, 1.82) is 0 Å². The van der Waals surface area contributed by atoms with Crippen molar-refractivity contribution >= 4 is 11.9 Å². The van der Waals surface area contributed by atoms with E-state index in [-0.39, 0.29) is 18.9 Å². The van der Waals surface area contributed by atoms with E-state index in [1.165, 1.54) is 0 Å². The first-order chi connectivity index (χ1) is 5.66. The maximum Gasteiger partial charge on any atom is 0.303 e. The zero-order chi connectivity index (χ0) is 9.40. The van der Waals surface area contributed by atoms with Crippen LogP contribution in [0.25, 0.3) is 4.85 Å². The fourth-order valence-electron chi connectivity index (χ4n) is 0.595. The Bertz CT molecular complexity index is 207. The molecule has 0 rings (SSSR count). The van der Waals surface area contributed by atoms with E-state index < -0.39 is 5.97 Å². The Morgan fingerprint density at radius 2 is 2.17 bits per heavy atom. The van der Waals surface area contributed by atoms with Gasteiger partial charge in [0.05, 0.1) is 0 Å². The second kappa shape index (κ2) is 6.16. The standard InChI is InChI=1S/C7H10N2O3/c1-8-5-6(10)9-4-2-3-7(11)12/h2-5H2,(H,9,10)(H,11,12). The minimum Gasteiger partial charge on any atom is -0.481 e. The Morgan fingerprint density at radius 1 is 1.50 bits per heavy atom. The molecule has 0 radical (unpaired) electrons. The molecule has 12 heavy (non-hydrogen) atoms. The highest BCUT2D eigenvalue weighted by atomic mass is 16.4. The fraction of sp³-hybridized carbons (Fsp3) is 0.571. The molecule has 5 nitrogen and oxygen atoms in total. The SMILES string of the molecule is [C-]#[N+]CC(=O)NCCCC(=O)O. The second-order valence-corrected chi connectivity index (χ2v) is 2.16. The summed E-state index contributed by atoms with van der Waals surface area (Å²) in [4.78, 5) is 23.5. The van der Waals surface area contributed by atoms with Gasteiger partial charge < -0.3 is 15.3 Å². The normalized spacial score (nSPS) is 8.58. The summed E-state index contributed by atoms with van der Waals surface area (Å²) in [6.45, 7) is 6.48. The first-order valence-electron chi connectivity index (χ1n) is 3.48. The van der Waals surface area contributed by atoms with Crippen LogP contribution in [0.2, 0.25) is 0 Å². The molecule has 1 amide bonds. The average Bonchev–Trinajstić information content (AvgIpc) is 1.98. The van der Waals surface area contributed by atoms with E-state index in [4.69, 9.17) is 11.7 Å². The van der Waals surface area contributed by atoms with Crippen molar-refractivity contribution in [3.63, 3.8) is 0 Å². The van der Waals surface area contributed by atoms with Crippen LogP contribution in [0.15, 0.2) is 0 Å². The van der Waals surface area contributed by atoms with Gasteiger partial charge in [-0.05, 0) is 6.42 Å². The Balaban J connectivity index is 3.27. The molecule has 0 aromatic rings. The van der Waals surface area contributed by atoms with Gasteiger partial charge in [-0.1, -0.05) is 0 Å². The molecular weight excluding hydrogens is 160 g/mol. The van der Waals surface area contributed by atoms with Crippen molar-refractivity contribution < 1.29 is 14.7 Å². The van der Waals surface area contributed by atoms with E-state index >= 15 is 0 Å². The van der Waals surface area contributed by atoms with Crippen LogP contribution in [0.4, 0.5) is 0 Å². The number of carboxylic acid groups (broad SMARTS) is 1. The van der Waals surface area contributed by atoms with Crippen molar-refractivity contribution in [3.05, 3.63) is 11.4 Å². The molecule has 2 N–H and O–H groups in total. The van der Waals surface area contributed by atoms with E-state index in [2.05, 4.69) is 10.2 Å². The minimum atomic E-state index is -0.880. The van der Waals surface area contributed by atoms with Crippen molar-refractivity contribution in [2.75, 3.05) is 13.1 Å². The smallest absolute Gasteiger partial charge is 0.303 e. The number of carbonyl (C=O) groups is 2. The van der Waals surface area contributed by atoms with E-state index in [1.54, 1.807) is 0 Å². The van der Waals surface area contributed by atoms with Crippen LogP contribution in [0.5, 0.6) is 0 Å². The number of rotatable bonds is 5. The number of carboxylic acids is 1. The summed E-state index contributed by atoms with van der Waals surface area (Å²) in [6, 6.07) is 0. The molecule has 0 saturated heterocycles. The summed E-state index contributed by atoms with van der Waals surface area (Å²) >= 11 is 0. The Morgan fingerprint density at radius 3 is 2.67 bits per heavy atom. The molecule has 0 fully saturated rings. The van der Waals surface area contributed by atoms with Gasteiger partial charge in [-0.2, -0.15) is 0 Å². The number of nitrogens with one attached hydrogen (secondary N) is 1. The number of aliphatic carboxylic acids is 1. The van der Waals surface area contributed by atoms with Gasteiger partial charge in [0.15, 0.2) is 0 Å². The molecule has 0 heterocycles. The van der Waals surface area contributed by atoms with Gasteiger partial charge in [-0.25, -0.2) is 6.57 Å². The molecular formula is C7H10N2O3. The van der Waals surface area contributed by atoms with Gasteiger partial charge in [0, 0.05) is 13.0 Å². The van der Waals surface area contributed by atoms with Gasteiger partial charge >= 0.3 is 5.97 Å². The lowest BCUT2D eigenvalue weighted by Gasteiger charge is -1.97. The van der Waals surface area contributed by atoms with Crippen molar-refractivity contribution in [2.24, 2.45) is 0 Å². The molecule has 5 heteroatoms. The number of amides is 1. The van der Waals surface area contributed by atoms with Crippen molar-refractivity contribution in [2.45, 2.75) is 12.8 Å². The molecule has 0 spiro atoms. The van der Waals surface area contributed by atoms with Crippen LogP contribution >= 0.6 is 0 Å². The molecule has 0 bridgehead atoms. The zero-order valence-electron chi connectivity index (χ0n) is 6.54. The molecule has 0 aliphatic carbocycles. The molecule has 0 saturated carbocycles. The van der Waals surface area contributed by atoms with E-state index in [9.17, 15) is 9.59 Å². The molecule has 0 atom stereocenters. The zero-order valence-corrected chi connectivity index (χ0v) is 6.54. The topological polar surface area (TPSA) is 70.8 Å². The molecule has 0 aliphatic heterocycles. The third kappa shape index (κ3) is 6.55. The van der Waals surface area contributed by atoms with E-state index in [0.29, 0.717) is 13.0 Å². The summed E-state index contributed by atoms with van der Waals surface area (Å²) in [5.41, 5.74) is 0. The highest BCUT2D eigenvalue weighted by molar-refractivity contribution is 5.79. The van der Waals surface area contributed by atoms with Gasteiger partial charge in [-0.3, -0.25) is 9.59 Å². The largest absolute Gasteiger partial charge is 0.481 e. The Kier molecular flexibility index (Phi) is 5.35. The summed E-state index contributed by atoms with van der Waals surface area (Å²) in [5, 5.41) is 10.6. The van der Waals surface area contributed by atoms with Gasteiger partial charge in [-0.15, -0.1) is 0 Å². The number of hydrogen-bond acceptors (Lipinski definition) is 2. The lowest BCUT2D eigenvalue weighted by molar-refractivity contribution is -0.137. The number of nitrogens with zero attached hydrogens (tertiary/aromatic N) is 1. The Hall–Kier alpha value is -1.57. The third-order valence-electron chi connectivity index (χ3n) is 1.11. The van der Waals surface area contributed by atoms with E-state index in [1.807, 2.05) is 0 Å². The summed E-state index contributed by atoms with van der Waals surface area (Å²) in [7, 11) is 0. The fourth-order valence-corrected chi connectivity index (χ4v) is 0.595. The predicted octanol–water partition coefficient (Wildman–Crippen LogP) is -0.113. The summed E-state index contributed by atoms with van der Waals surface area (Å²) in [6.07, 6.45) is 0.442. The van der Waals surface area contributed by atoms with E-state index in [0.717, 1.165) is 0 Å². The highest BCUT2D eigenvalue weighted by Crippen LogP contribution is 1.85. The van der Waals surface area contributed by atoms with Crippen molar-refractivity contribution in [3.8, 4) is 0 Å². The van der Waals surface area contributed by atoms with Crippen LogP contribution in [-0.4, -0.2) is 30.1 Å². The quantitative estimate of drug-likeness (QED) is 0.446. The molecule has 66 valence electrons. The van der Waals surface area contributed by atoms with Crippen LogP contribution in [0.3, 0.4) is 0 Å². The van der Waals surface area contributed by atoms with Crippen LogP contribution in [0, 0.1) is 6.57 Å². The lowest BCUT2D eigenvalue weighted by atomic mass is 10.3. The van der Waals surface area contributed by atoms with Crippen LogP contribution < -0.4 is 5.32 Å². The summed E-state index contributed by atoms with van der Waals surface area (Å²) in [5.74, 6) is -1.23. The van der Waals surface area contributed by atoms with Gasteiger partial charge in [0.25, 0.3) is 12.5 Å². The average molecular weight is 170 g/mol. The van der Waals surface area contributed by atoms with Gasteiger partial charge in [0.2, 0.25) is 0 Å². The lowest BCUT2D eigenvalue weighted by Crippen LogP contribution is -2.26. The predicted molar refractivity (Wildman–Crippen MR) is 41.3 cm³/mol. The second-order valence-electron chi connectivity index (χ2n) is 2.16. The first kappa shape index (κ1) is 10.4. The van der Waals surface area contributed by atoms with Crippen LogP contribution in [-0.2, 0) is 9.59 Å². The number of hydrogen-bond donors (Lipinski definition) is 2. The molecule has 0 unspecified atom stereocenters. The molecule has 0 aromatic carbocycles. The number of carbonyl (C=O) groups excluding carboxylic acids is 1. The van der Waals surface area contributed by atoms with Crippen molar-refractivity contribution in [1.82, 2.24) is 5.32 Å². The monoisotopic (exact) mass is 170 g/mol. The summed E-state index contributed by atoms with van der Waals surface area (Å²) < 4.78 is 0. The van der Waals surface area contributed by atoms with Crippen LogP contribution in [0.1, 0.15) is 12.8 Å². The van der Waals surface area contributed by atoms with Gasteiger partial charge in [0.1, 0.15) is 0 Å². The maximum absolute atomic E-state index is 10.6. The maximum atomic E-state index is 10.6. The minimum absolute atomic E-state index is 0.0400. The molecule has 0 aliphatic rings. The Labute approximate surface area is 70.2 Å². The third-order valence-corrected chi connectivity index (χ3v) is 1.11.